The molecule has 0 aromatic rings. The van der Waals surface area contributed by atoms with Gasteiger partial charge in [-0.2, -0.15) is 11.8 Å². The summed E-state index contributed by atoms with van der Waals surface area (Å²) in [5, 5.41) is 4.62. The van der Waals surface area contributed by atoms with Crippen molar-refractivity contribution in [1.82, 2.24) is 10.2 Å². The Morgan fingerprint density at radius 2 is 2.33 bits per heavy atom. The van der Waals surface area contributed by atoms with Crippen LogP contribution >= 0.6 is 11.8 Å². The lowest BCUT2D eigenvalue weighted by Crippen LogP contribution is -2.46. The summed E-state index contributed by atoms with van der Waals surface area (Å²) < 4.78 is 0. The largest absolute Gasteiger partial charge is 0.286 e. The Kier molecular flexibility index (Phi) is 5.04. The van der Waals surface area contributed by atoms with Crippen LogP contribution in [-0.2, 0) is 0 Å². The van der Waals surface area contributed by atoms with Gasteiger partial charge in [-0.15, -0.1) is 0 Å². The van der Waals surface area contributed by atoms with Gasteiger partial charge in [0.15, 0.2) is 0 Å². The number of hydrogen-bond acceptors (Lipinski definition) is 2. The zero-order valence-electron chi connectivity index (χ0n) is 8.12. The summed E-state index contributed by atoms with van der Waals surface area (Å²) in [6, 6.07) is 0. The van der Waals surface area contributed by atoms with E-state index >= 15 is 0 Å². The molecule has 0 bridgehead atoms. The summed E-state index contributed by atoms with van der Waals surface area (Å²) in [7, 11) is 0. The fraction of sp³-hybridized carbons (Fsp3) is 1.00. The number of nitrogens with zero attached hydrogens (tertiary/aromatic N) is 2. The highest BCUT2D eigenvalue weighted by atomic mass is 32.2. The Labute approximate surface area is 80.1 Å². The Morgan fingerprint density at radius 1 is 1.50 bits per heavy atom. The third-order valence-electron chi connectivity index (χ3n) is 2.18. The van der Waals surface area contributed by atoms with Crippen LogP contribution in [0.3, 0.4) is 0 Å². The highest BCUT2D eigenvalue weighted by Crippen LogP contribution is 2.12. The van der Waals surface area contributed by atoms with Crippen LogP contribution in [0.2, 0.25) is 0 Å². The molecule has 3 heteroatoms. The lowest BCUT2D eigenvalue weighted by Gasteiger charge is -2.32. The number of hydrogen-bond donors (Lipinski definition) is 0. The highest BCUT2D eigenvalue weighted by molar-refractivity contribution is 7.99. The van der Waals surface area contributed by atoms with Gasteiger partial charge in [-0.05, 0) is 19.5 Å². The Bertz CT molecular complexity index is 110. The molecule has 0 aromatic carbocycles. The Hall–Kier alpha value is 0.270. The van der Waals surface area contributed by atoms with Crippen molar-refractivity contribution in [3.63, 3.8) is 0 Å². The molecule has 12 heavy (non-hydrogen) atoms. The first-order valence-corrected chi connectivity index (χ1v) is 6.02. The molecule has 0 spiro atoms. The second-order valence-corrected chi connectivity index (χ2v) is 4.24. The van der Waals surface area contributed by atoms with E-state index in [4.69, 9.17) is 0 Å². The van der Waals surface area contributed by atoms with Crippen molar-refractivity contribution >= 4 is 11.8 Å². The Morgan fingerprint density at radius 3 is 2.83 bits per heavy atom. The maximum atomic E-state index is 4.62. The lowest BCUT2D eigenvalue weighted by molar-refractivity contribution is 0.188. The normalized spacial score (nSPS) is 24.8. The van der Waals surface area contributed by atoms with E-state index in [0.29, 0.717) is 6.17 Å². The van der Waals surface area contributed by atoms with Gasteiger partial charge in [-0.25, -0.2) is 5.32 Å². The molecule has 1 saturated heterocycles. The van der Waals surface area contributed by atoms with Crippen molar-refractivity contribution in [2.75, 3.05) is 31.1 Å². The molecule has 1 fully saturated rings. The standard InChI is InChI=1S/C9H19N2S/c1-3-6-11(4-2)9-8-12-7-5-10-9/h9H,3-8H2,1-2H3. The van der Waals surface area contributed by atoms with Crippen molar-refractivity contribution in [2.45, 2.75) is 26.4 Å². The molecule has 0 N–H and O–H groups in total. The van der Waals surface area contributed by atoms with Gasteiger partial charge in [-0.3, -0.25) is 4.90 Å². The van der Waals surface area contributed by atoms with Crippen molar-refractivity contribution < 1.29 is 0 Å². The molecule has 1 radical (unpaired) electrons. The van der Waals surface area contributed by atoms with E-state index in [0.717, 1.165) is 13.1 Å². The first kappa shape index (κ1) is 10.4. The minimum absolute atomic E-state index is 0.508. The van der Waals surface area contributed by atoms with Crippen LogP contribution < -0.4 is 5.32 Å². The van der Waals surface area contributed by atoms with Gasteiger partial charge in [0, 0.05) is 18.1 Å². The maximum Gasteiger partial charge on any atom is 0.0852 e. The average Bonchev–Trinajstić information content (AvgIpc) is 2.15. The highest BCUT2D eigenvalue weighted by Gasteiger charge is 2.19. The second-order valence-electron chi connectivity index (χ2n) is 3.09. The van der Waals surface area contributed by atoms with Gasteiger partial charge in [0.2, 0.25) is 0 Å². The van der Waals surface area contributed by atoms with Crippen LogP contribution in [-0.4, -0.2) is 42.2 Å². The van der Waals surface area contributed by atoms with Gasteiger partial charge in [0.25, 0.3) is 0 Å². The smallest absolute Gasteiger partial charge is 0.0852 e. The molecule has 0 aromatic heterocycles. The predicted molar refractivity (Wildman–Crippen MR) is 55.7 cm³/mol. The van der Waals surface area contributed by atoms with Crippen LogP contribution in [0.1, 0.15) is 20.3 Å². The van der Waals surface area contributed by atoms with Gasteiger partial charge in [-0.1, -0.05) is 13.8 Å². The van der Waals surface area contributed by atoms with Gasteiger partial charge < -0.3 is 0 Å². The number of thioether (sulfide) groups is 1. The third-order valence-corrected chi connectivity index (χ3v) is 3.19. The second kappa shape index (κ2) is 5.84. The summed E-state index contributed by atoms with van der Waals surface area (Å²) in [6.45, 7) is 7.85. The van der Waals surface area contributed by atoms with Crippen molar-refractivity contribution in [3.05, 3.63) is 0 Å². The first-order chi connectivity index (χ1) is 5.88. The van der Waals surface area contributed by atoms with Crippen molar-refractivity contribution in [3.8, 4) is 0 Å². The Balaban J connectivity index is 2.29. The first-order valence-electron chi connectivity index (χ1n) is 4.86. The van der Waals surface area contributed by atoms with Crippen LogP contribution in [0, 0.1) is 0 Å². The lowest BCUT2D eigenvalue weighted by atomic mass is 10.3. The van der Waals surface area contributed by atoms with Gasteiger partial charge in [0.1, 0.15) is 0 Å². The van der Waals surface area contributed by atoms with E-state index < -0.39 is 0 Å². The maximum absolute atomic E-state index is 4.62. The third kappa shape index (κ3) is 2.96. The van der Waals surface area contributed by atoms with E-state index in [2.05, 4.69) is 24.1 Å². The molecule has 1 aliphatic rings. The SMILES string of the molecule is CCCN(CC)C1CSCC[N]1. The fourth-order valence-electron chi connectivity index (χ4n) is 1.53. The topological polar surface area (TPSA) is 17.3 Å². The summed E-state index contributed by atoms with van der Waals surface area (Å²) in [5.41, 5.74) is 0. The minimum Gasteiger partial charge on any atom is -0.286 e. The molecule has 1 aliphatic heterocycles. The van der Waals surface area contributed by atoms with Crippen molar-refractivity contribution in [2.24, 2.45) is 0 Å². The van der Waals surface area contributed by atoms with Crippen LogP contribution in [0.25, 0.3) is 0 Å². The van der Waals surface area contributed by atoms with E-state index in [9.17, 15) is 0 Å². The number of rotatable bonds is 4. The van der Waals surface area contributed by atoms with Gasteiger partial charge in [0.05, 0.1) is 6.17 Å². The molecule has 2 nitrogen and oxygen atoms in total. The quantitative estimate of drug-likeness (QED) is 0.662. The average molecular weight is 187 g/mol. The fourth-order valence-corrected chi connectivity index (χ4v) is 2.46. The summed E-state index contributed by atoms with van der Waals surface area (Å²) in [4.78, 5) is 2.48. The molecule has 0 saturated carbocycles. The van der Waals surface area contributed by atoms with E-state index in [1.807, 2.05) is 11.8 Å². The molecular formula is C9H19N2S. The molecular weight excluding hydrogens is 168 g/mol. The van der Waals surface area contributed by atoms with Crippen LogP contribution in [0.5, 0.6) is 0 Å². The van der Waals surface area contributed by atoms with Crippen LogP contribution in [0.15, 0.2) is 0 Å². The van der Waals surface area contributed by atoms with Crippen molar-refractivity contribution in [1.29, 1.82) is 0 Å². The molecule has 0 aliphatic carbocycles. The van der Waals surface area contributed by atoms with E-state index in [-0.39, 0.29) is 0 Å². The minimum atomic E-state index is 0.508. The van der Waals surface area contributed by atoms with Crippen LogP contribution in [0.4, 0.5) is 0 Å². The molecule has 1 rings (SSSR count). The molecule has 71 valence electrons. The zero-order chi connectivity index (χ0) is 8.81. The summed E-state index contributed by atoms with van der Waals surface area (Å²) in [6.07, 6.45) is 1.75. The molecule has 1 atom stereocenters. The monoisotopic (exact) mass is 187 g/mol. The molecule has 1 unspecified atom stereocenters. The summed E-state index contributed by atoms with van der Waals surface area (Å²) >= 11 is 2.04. The summed E-state index contributed by atoms with van der Waals surface area (Å²) in [5.74, 6) is 2.42. The molecule has 1 heterocycles. The molecule has 0 amide bonds. The van der Waals surface area contributed by atoms with Gasteiger partial charge >= 0.3 is 0 Å². The zero-order valence-corrected chi connectivity index (χ0v) is 8.94. The predicted octanol–water partition coefficient (Wildman–Crippen LogP) is 1.40. The van der Waals surface area contributed by atoms with E-state index in [1.165, 1.54) is 24.5 Å². The van der Waals surface area contributed by atoms with E-state index in [1.54, 1.807) is 0 Å².